The second-order valence-corrected chi connectivity index (χ2v) is 2.21. The Morgan fingerprint density at radius 1 is 1.42 bits per heavy atom. The largest absolute Gasteiger partial charge is 0.545 e. The smallest absolute Gasteiger partial charge is 0.252 e. The van der Waals surface area contributed by atoms with Gasteiger partial charge in [0.15, 0.2) is 0 Å². The minimum Gasteiger partial charge on any atom is -0.545 e. The van der Waals surface area contributed by atoms with Crippen LogP contribution in [0.5, 0.6) is 5.75 Å². The second-order valence-electron chi connectivity index (χ2n) is 2.21. The number of rotatable bonds is 2. The molecule has 1 rings (SSSR count). The van der Waals surface area contributed by atoms with Gasteiger partial charge in [0.25, 0.3) is 6.16 Å². The number of phenols is 1. The van der Waals surface area contributed by atoms with E-state index in [9.17, 15) is 9.90 Å². The van der Waals surface area contributed by atoms with E-state index in [-0.39, 0.29) is 12.4 Å². The fourth-order valence-corrected chi connectivity index (χ4v) is 0.734. The third kappa shape index (κ3) is 2.49. The van der Waals surface area contributed by atoms with Crippen molar-refractivity contribution in [3.63, 3.8) is 0 Å². The van der Waals surface area contributed by atoms with Gasteiger partial charge in [-0.2, -0.15) is 0 Å². The number of hydrogen-bond donors (Lipinski definition) is 1. The number of carbonyl (C=O) groups excluding carboxylic acids is 1. The van der Waals surface area contributed by atoms with Crippen molar-refractivity contribution < 1.29 is 19.7 Å². The fraction of sp³-hybridized carbons (Fsp3) is 0.125. The van der Waals surface area contributed by atoms with Gasteiger partial charge in [0.2, 0.25) is 0 Å². The lowest BCUT2D eigenvalue weighted by atomic mass is 10.2. The molecular weight excluding hydrogens is 160 g/mol. The van der Waals surface area contributed by atoms with Crippen LogP contribution >= 0.6 is 0 Å². The van der Waals surface area contributed by atoms with Gasteiger partial charge >= 0.3 is 0 Å². The van der Waals surface area contributed by atoms with Crippen molar-refractivity contribution in [2.45, 2.75) is 6.61 Å². The van der Waals surface area contributed by atoms with E-state index in [0.717, 1.165) is 0 Å². The summed E-state index contributed by atoms with van der Waals surface area (Å²) < 4.78 is 4.19. The molecule has 64 valence electrons. The SMILES string of the molecule is O=C([O-])OCc1ccc(O)cc1. The lowest BCUT2D eigenvalue weighted by Crippen LogP contribution is -2.23. The van der Waals surface area contributed by atoms with Crippen LogP contribution in [0.1, 0.15) is 5.56 Å². The average Bonchev–Trinajstić information content (AvgIpc) is 2.03. The molecule has 0 aliphatic carbocycles. The third-order valence-electron chi connectivity index (χ3n) is 1.29. The zero-order chi connectivity index (χ0) is 8.97. The van der Waals surface area contributed by atoms with Gasteiger partial charge in [0, 0.05) is 0 Å². The van der Waals surface area contributed by atoms with Gasteiger partial charge in [-0.15, -0.1) is 0 Å². The molecule has 4 heteroatoms. The van der Waals surface area contributed by atoms with E-state index in [0.29, 0.717) is 5.56 Å². The summed E-state index contributed by atoms with van der Waals surface area (Å²) in [5.41, 5.74) is 0.664. The lowest BCUT2D eigenvalue weighted by Gasteiger charge is -2.07. The molecule has 0 heterocycles. The summed E-state index contributed by atoms with van der Waals surface area (Å²) in [7, 11) is 0. The molecule has 0 unspecified atom stereocenters. The maximum atomic E-state index is 9.86. The van der Waals surface area contributed by atoms with Crippen LogP contribution < -0.4 is 5.11 Å². The van der Waals surface area contributed by atoms with Crippen LogP contribution in [0.4, 0.5) is 4.79 Å². The van der Waals surface area contributed by atoms with Crippen LogP contribution in [-0.4, -0.2) is 11.3 Å². The number of aromatic hydroxyl groups is 1. The number of hydrogen-bond acceptors (Lipinski definition) is 4. The van der Waals surface area contributed by atoms with Crippen molar-refractivity contribution in [1.82, 2.24) is 0 Å². The average molecular weight is 167 g/mol. The van der Waals surface area contributed by atoms with Gasteiger partial charge in [-0.25, -0.2) is 0 Å². The quantitative estimate of drug-likeness (QED) is 0.641. The summed E-state index contributed by atoms with van der Waals surface area (Å²) in [5, 5.41) is 18.7. The molecule has 0 radical (unpaired) electrons. The van der Waals surface area contributed by atoms with Gasteiger partial charge < -0.3 is 19.7 Å². The van der Waals surface area contributed by atoms with Gasteiger partial charge in [-0.05, 0) is 17.7 Å². The Labute approximate surface area is 69.0 Å². The summed E-state index contributed by atoms with van der Waals surface area (Å²) in [6, 6.07) is 6.04. The molecule has 0 atom stereocenters. The predicted octanol–water partition coefficient (Wildman–Crippen LogP) is 0.252. The lowest BCUT2D eigenvalue weighted by molar-refractivity contribution is -0.284. The highest BCUT2D eigenvalue weighted by atomic mass is 16.7. The molecule has 0 aromatic heterocycles. The normalized spacial score (nSPS) is 9.33. The number of benzene rings is 1. The van der Waals surface area contributed by atoms with Crippen LogP contribution in [0.2, 0.25) is 0 Å². The Hall–Kier alpha value is -1.71. The summed E-state index contributed by atoms with van der Waals surface area (Å²) in [6.07, 6.45) is -1.55. The van der Waals surface area contributed by atoms with Crippen molar-refractivity contribution in [1.29, 1.82) is 0 Å². The van der Waals surface area contributed by atoms with E-state index in [1.54, 1.807) is 12.1 Å². The van der Waals surface area contributed by atoms with Crippen molar-refractivity contribution in [2.24, 2.45) is 0 Å². The van der Waals surface area contributed by atoms with E-state index in [2.05, 4.69) is 4.74 Å². The topological polar surface area (TPSA) is 69.6 Å². The molecule has 0 saturated heterocycles. The van der Waals surface area contributed by atoms with Gasteiger partial charge in [0.1, 0.15) is 5.75 Å². The summed E-state index contributed by atoms with van der Waals surface area (Å²) >= 11 is 0. The molecule has 1 aromatic rings. The van der Waals surface area contributed by atoms with Crippen LogP contribution in [0.3, 0.4) is 0 Å². The molecule has 4 nitrogen and oxygen atoms in total. The van der Waals surface area contributed by atoms with Gasteiger partial charge in [0.05, 0.1) is 6.61 Å². The highest BCUT2D eigenvalue weighted by molar-refractivity contribution is 5.54. The number of carbonyl (C=O) groups is 1. The van der Waals surface area contributed by atoms with E-state index in [1.807, 2.05) is 0 Å². The van der Waals surface area contributed by atoms with Crippen molar-refractivity contribution in [3.05, 3.63) is 29.8 Å². The van der Waals surface area contributed by atoms with Gasteiger partial charge in [-0.1, -0.05) is 12.1 Å². The van der Waals surface area contributed by atoms with E-state index in [1.165, 1.54) is 12.1 Å². The van der Waals surface area contributed by atoms with Crippen LogP contribution in [0, 0.1) is 0 Å². The predicted molar refractivity (Wildman–Crippen MR) is 38.3 cm³/mol. The first-order valence-electron chi connectivity index (χ1n) is 3.30. The number of ether oxygens (including phenoxy) is 1. The highest BCUT2D eigenvalue weighted by Crippen LogP contribution is 2.09. The van der Waals surface area contributed by atoms with E-state index in [4.69, 9.17) is 5.11 Å². The summed E-state index contributed by atoms with van der Waals surface area (Å²) in [5.74, 6) is 0.132. The minimum atomic E-state index is -1.55. The first-order chi connectivity index (χ1) is 5.68. The molecule has 0 aliphatic heterocycles. The molecule has 0 amide bonds. The maximum absolute atomic E-state index is 9.86. The molecule has 1 N–H and O–H groups in total. The first kappa shape index (κ1) is 8.39. The molecule has 0 bridgehead atoms. The molecule has 12 heavy (non-hydrogen) atoms. The molecule has 1 aromatic carbocycles. The number of carboxylic acid groups (broad SMARTS) is 1. The molecule has 0 saturated carbocycles. The van der Waals surface area contributed by atoms with E-state index >= 15 is 0 Å². The maximum Gasteiger partial charge on any atom is 0.252 e. The number of phenolic OH excluding ortho intramolecular Hbond substituents is 1. The standard InChI is InChI=1S/C8H8O4/c9-7-3-1-6(2-4-7)5-12-8(10)11/h1-4,9H,5H2,(H,10,11)/p-1. The molecule has 0 fully saturated rings. The fourth-order valence-electron chi connectivity index (χ4n) is 0.734. The van der Waals surface area contributed by atoms with E-state index < -0.39 is 6.16 Å². The molecule has 0 aliphatic rings. The minimum absolute atomic E-state index is 0.0530. The second kappa shape index (κ2) is 3.61. The Kier molecular flexibility index (Phi) is 2.53. The zero-order valence-corrected chi connectivity index (χ0v) is 6.19. The van der Waals surface area contributed by atoms with Crippen molar-refractivity contribution in [3.8, 4) is 5.75 Å². The molecule has 0 spiro atoms. The Morgan fingerprint density at radius 3 is 2.50 bits per heavy atom. The Morgan fingerprint density at radius 2 is 2.00 bits per heavy atom. The highest BCUT2D eigenvalue weighted by Gasteiger charge is 1.91. The molecular formula is C8H7O4-. The zero-order valence-electron chi connectivity index (χ0n) is 6.19. The Bertz CT molecular complexity index is 265. The monoisotopic (exact) mass is 167 g/mol. The van der Waals surface area contributed by atoms with Crippen LogP contribution in [0.25, 0.3) is 0 Å². The first-order valence-corrected chi connectivity index (χ1v) is 3.30. The third-order valence-corrected chi connectivity index (χ3v) is 1.29. The van der Waals surface area contributed by atoms with Crippen LogP contribution in [0.15, 0.2) is 24.3 Å². The Balaban J connectivity index is 2.53. The van der Waals surface area contributed by atoms with Crippen LogP contribution in [-0.2, 0) is 11.3 Å². The summed E-state index contributed by atoms with van der Waals surface area (Å²) in [4.78, 5) is 9.86. The van der Waals surface area contributed by atoms with Crippen molar-refractivity contribution in [2.75, 3.05) is 0 Å². The van der Waals surface area contributed by atoms with Gasteiger partial charge in [-0.3, -0.25) is 0 Å². The van der Waals surface area contributed by atoms with Crippen molar-refractivity contribution >= 4 is 6.16 Å². The summed E-state index contributed by atoms with van der Waals surface area (Å²) in [6.45, 7) is -0.0530.